The van der Waals surface area contributed by atoms with Crippen LogP contribution in [0.3, 0.4) is 0 Å². The van der Waals surface area contributed by atoms with E-state index in [4.69, 9.17) is 4.74 Å². The lowest BCUT2D eigenvalue weighted by Gasteiger charge is -2.41. The minimum atomic E-state index is -0.146. The molecule has 0 saturated carbocycles. The van der Waals surface area contributed by atoms with Gasteiger partial charge in [-0.3, -0.25) is 9.48 Å². The molecule has 6 nitrogen and oxygen atoms in total. The number of hydrogen-bond donors (Lipinski definition) is 0. The van der Waals surface area contributed by atoms with Crippen molar-refractivity contribution < 1.29 is 9.53 Å². The van der Waals surface area contributed by atoms with Crippen LogP contribution in [0.1, 0.15) is 21.3 Å². The SMILES string of the molecule is CN(C)C[C@@H]1OCCN(C(=O)c2cc3ccccc3s2)[C@H]1c1cnn(C)c1. The molecule has 1 saturated heterocycles. The zero-order valence-electron chi connectivity index (χ0n) is 15.8. The van der Waals surface area contributed by atoms with Crippen molar-refractivity contribution in [3.05, 3.63) is 53.2 Å². The average molecular weight is 385 g/mol. The fourth-order valence-electron chi connectivity index (χ4n) is 3.69. The summed E-state index contributed by atoms with van der Waals surface area (Å²) in [6.45, 7) is 1.87. The Labute approximate surface area is 162 Å². The molecule has 2 aromatic heterocycles. The Kier molecular flexibility index (Phi) is 4.99. The number of thiophene rings is 1. The fourth-order valence-corrected chi connectivity index (χ4v) is 4.71. The van der Waals surface area contributed by atoms with Gasteiger partial charge in [-0.1, -0.05) is 18.2 Å². The summed E-state index contributed by atoms with van der Waals surface area (Å²) in [6, 6.07) is 9.97. The van der Waals surface area contributed by atoms with E-state index in [1.54, 1.807) is 16.0 Å². The second-order valence-corrected chi connectivity index (χ2v) is 8.29. The molecule has 3 heterocycles. The molecule has 27 heavy (non-hydrogen) atoms. The van der Waals surface area contributed by atoms with Crippen molar-refractivity contribution in [2.24, 2.45) is 7.05 Å². The molecule has 0 spiro atoms. The predicted molar refractivity (Wildman–Crippen MR) is 107 cm³/mol. The van der Waals surface area contributed by atoms with Crippen molar-refractivity contribution in [1.29, 1.82) is 0 Å². The van der Waals surface area contributed by atoms with Gasteiger partial charge >= 0.3 is 0 Å². The van der Waals surface area contributed by atoms with Gasteiger partial charge in [0.15, 0.2) is 0 Å². The Balaban J connectivity index is 1.70. The number of aromatic nitrogens is 2. The highest BCUT2D eigenvalue weighted by Crippen LogP contribution is 2.33. The predicted octanol–water partition coefficient (Wildman–Crippen LogP) is 2.78. The molecular weight excluding hydrogens is 360 g/mol. The largest absolute Gasteiger partial charge is 0.373 e. The normalized spacial score (nSPS) is 20.5. The van der Waals surface area contributed by atoms with Crippen LogP contribution in [0.4, 0.5) is 0 Å². The molecule has 3 aromatic rings. The molecule has 4 rings (SSSR count). The molecular formula is C20H24N4O2S. The third-order valence-electron chi connectivity index (χ3n) is 4.86. The number of carbonyl (C=O) groups is 1. The summed E-state index contributed by atoms with van der Waals surface area (Å²) in [5.41, 5.74) is 1.01. The van der Waals surface area contributed by atoms with Gasteiger partial charge in [0.2, 0.25) is 0 Å². The zero-order chi connectivity index (χ0) is 19.0. The van der Waals surface area contributed by atoms with E-state index in [1.807, 2.05) is 56.6 Å². The van der Waals surface area contributed by atoms with Gasteiger partial charge in [0.05, 0.1) is 29.8 Å². The van der Waals surface area contributed by atoms with Gasteiger partial charge in [-0.05, 0) is 31.6 Å². The number of aryl methyl sites for hydroxylation is 1. The van der Waals surface area contributed by atoms with Crippen LogP contribution in [0.25, 0.3) is 10.1 Å². The zero-order valence-corrected chi connectivity index (χ0v) is 16.6. The maximum absolute atomic E-state index is 13.4. The summed E-state index contributed by atoms with van der Waals surface area (Å²) in [6.07, 6.45) is 3.73. The molecule has 7 heteroatoms. The van der Waals surface area contributed by atoms with Crippen LogP contribution in [0.2, 0.25) is 0 Å². The van der Waals surface area contributed by atoms with Gasteiger partial charge in [-0.15, -0.1) is 11.3 Å². The molecule has 0 radical (unpaired) electrons. The van der Waals surface area contributed by atoms with Gasteiger partial charge in [0, 0.05) is 36.6 Å². The van der Waals surface area contributed by atoms with Crippen LogP contribution >= 0.6 is 11.3 Å². The smallest absolute Gasteiger partial charge is 0.264 e. The first-order valence-corrected chi connectivity index (χ1v) is 9.89. The van der Waals surface area contributed by atoms with E-state index < -0.39 is 0 Å². The molecule has 0 aliphatic carbocycles. The van der Waals surface area contributed by atoms with Crippen molar-refractivity contribution >= 4 is 27.3 Å². The van der Waals surface area contributed by atoms with Crippen LogP contribution in [0.5, 0.6) is 0 Å². The number of ether oxygens (including phenoxy) is 1. The average Bonchev–Trinajstić information content (AvgIpc) is 3.26. The molecule has 0 N–H and O–H groups in total. The Hall–Kier alpha value is -2.22. The molecule has 1 aliphatic rings. The van der Waals surface area contributed by atoms with E-state index in [0.29, 0.717) is 13.2 Å². The lowest BCUT2D eigenvalue weighted by atomic mass is 10.00. The Bertz CT molecular complexity index is 915. The van der Waals surface area contributed by atoms with Gasteiger partial charge in [-0.2, -0.15) is 5.10 Å². The van der Waals surface area contributed by atoms with Crippen molar-refractivity contribution in [3.8, 4) is 0 Å². The molecule has 1 fully saturated rings. The highest BCUT2D eigenvalue weighted by molar-refractivity contribution is 7.20. The van der Waals surface area contributed by atoms with Gasteiger partial charge in [0.1, 0.15) is 0 Å². The van der Waals surface area contributed by atoms with Crippen LogP contribution in [0.15, 0.2) is 42.7 Å². The number of likely N-dealkylation sites (N-methyl/N-ethyl adjacent to an activating group) is 1. The second-order valence-electron chi connectivity index (χ2n) is 7.21. The Morgan fingerprint density at radius 2 is 2.19 bits per heavy atom. The first-order valence-electron chi connectivity index (χ1n) is 9.07. The standard InChI is InChI=1S/C20H24N4O2S/c1-22(2)13-16-19(15-11-21-23(3)12-15)24(8-9-26-16)20(25)18-10-14-6-4-5-7-17(14)27-18/h4-7,10-12,16,19H,8-9,13H2,1-3H3/t16-,19-/m0/s1. The van der Waals surface area contributed by atoms with Crippen LogP contribution < -0.4 is 0 Å². The topological polar surface area (TPSA) is 50.6 Å². The minimum Gasteiger partial charge on any atom is -0.373 e. The molecule has 0 unspecified atom stereocenters. The van der Waals surface area contributed by atoms with Gasteiger partial charge < -0.3 is 14.5 Å². The quantitative estimate of drug-likeness (QED) is 0.694. The summed E-state index contributed by atoms with van der Waals surface area (Å²) in [7, 11) is 5.94. The van der Waals surface area contributed by atoms with E-state index in [-0.39, 0.29) is 18.1 Å². The summed E-state index contributed by atoms with van der Waals surface area (Å²) in [4.78, 5) is 18.3. The van der Waals surface area contributed by atoms with E-state index >= 15 is 0 Å². The van der Waals surface area contributed by atoms with Gasteiger partial charge in [0.25, 0.3) is 5.91 Å². The van der Waals surface area contributed by atoms with E-state index in [0.717, 1.165) is 27.1 Å². The van der Waals surface area contributed by atoms with Crippen molar-refractivity contribution in [3.63, 3.8) is 0 Å². The number of hydrogen-bond acceptors (Lipinski definition) is 5. The third-order valence-corrected chi connectivity index (χ3v) is 5.96. The number of amides is 1. The molecule has 142 valence electrons. The minimum absolute atomic E-state index is 0.0668. The van der Waals surface area contributed by atoms with E-state index in [2.05, 4.69) is 22.1 Å². The summed E-state index contributed by atoms with van der Waals surface area (Å²) < 4.78 is 8.98. The van der Waals surface area contributed by atoms with Crippen molar-refractivity contribution in [2.45, 2.75) is 12.1 Å². The third kappa shape index (κ3) is 3.63. The number of morpholine rings is 1. The molecule has 1 amide bonds. The summed E-state index contributed by atoms with van der Waals surface area (Å²) in [5.74, 6) is 0.0668. The van der Waals surface area contributed by atoms with Crippen LogP contribution in [-0.4, -0.2) is 65.4 Å². The van der Waals surface area contributed by atoms with Crippen molar-refractivity contribution in [2.75, 3.05) is 33.8 Å². The second kappa shape index (κ2) is 7.42. The lowest BCUT2D eigenvalue weighted by molar-refractivity contribution is -0.0683. The lowest BCUT2D eigenvalue weighted by Crippen LogP contribution is -2.50. The summed E-state index contributed by atoms with van der Waals surface area (Å²) >= 11 is 1.55. The fraction of sp³-hybridized carbons (Fsp3) is 0.400. The number of fused-ring (bicyclic) bond motifs is 1. The van der Waals surface area contributed by atoms with Crippen molar-refractivity contribution in [1.82, 2.24) is 19.6 Å². The molecule has 2 atom stereocenters. The van der Waals surface area contributed by atoms with Gasteiger partial charge in [-0.25, -0.2) is 0 Å². The van der Waals surface area contributed by atoms with Crippen LogP contribution in [-0.2, 0) is 11.8 Å². The first-order chi connectivity index (χ1) is 13.0. The Morgan fingerprint density at radius 3 is 2.89 bits per heavy atom. The van der Waals surface area contributed by atoms with E-state index in [9.17, 15) is 4.79 Å². The van der Waals surface area contributed by atoms with Crippen LogP contribution in [0, 0.1) is 0 Å². The highest BCUT2D eigenvalue weighted by Gasteiger charge is 2.38. The highest BCUT2D eigenvalue weighted by atomic mass is 32.1. The maximum Gasteiger partial charge on any atom is 0.264 e. The number of benzene rings is 1. The number of nitrogens with zero attached hydrogens (tertiary/aromatic N) is 4. The summed E-state index contributed by atoms with van der Waals surface area (Å²) in [5, 5.41) is 5.43. The first kappa shape index (κ1) is 18.2. The number of carbonyl (C=O) groups excluding carboxylic acids is 1. The number of rotatable bonds is 4. The molecule has 1 aromatic carbocycles. The maximum atomic E-state index is 13.4. The molecule has 0 bridgehead atoms. The monoisotopic (exact) mass is 384 g/mol. The Morgan fingerprint density at radius 1 is 1.37 bits per heavy atom. The molecule has 1 aliphatic heterocycles. The van der Waals surface area contributed by atoms with E-state index in [1.165, 1.54) is 0 Å².